The van der Waals surface area contributed by atoms with Crippen molar-refractivity contribution in [1.29, 1.82) is 0 Å². The minimum absolute atomic E-state index is 0.154. The number of hydrogen-bond donors (Lipinski definition) is 2. The Bertz CT molecular complexity index is 1230. The first-order chi connectivity index (χ1) is 30.2. The lowest BCUT2D eigenvalue weighted by Crippen LogP contribution is -2.30. The van der Waals surface area contributed by atoms with Crippen LogP contribution in [-0.4, -0.2) is 66.5 Å². The highest BCUT2D eigenvalue weighted by Gasteiger charge is 2.28. The lowest BCUT2D eigenvalue weighted by atomic mass is 10.1. The number of unbranched alkanes of at least 4 members (excludes halogenated alkanes) is 20. The Kier molecular flexibility index (Phi) is 43.2. The standard InChI is InChI=1S/C50H89O11P/c1-4-7-10-13-16-19-21-22-23-24-26-28-30-33-36-39-48(52)57-43-47(61-50(54)41-38-35-32-29-25-20-17-14-11-8-5-2)45-59-62(55,56)58-44-46(42-51)60-49(53)40-37-34-31-27-18-15-12-9-6-3/h7,10,14,16-17,19,22-23,46-47,51H,4-6,8-9,11-13,15,18,20-21,24-45H2,1-3H3,(H,55,56)/b10-7-,17-14-,19-16-,23-22-. The molecule has 0 amide bonds. The van der Waals surface area contributed by atoms with E-state index in [2.05, 4.69) is 69.4 Å². The normalized spacial score (nSPS) is 14.0. The molecule has 3 atom stereocenters. The molecule has 0 saturated carbocycles. The Hall–Kier alpha value is -2.56. The molecule has 0 aliphatic heterocycles. The van der Waals surface area contributed by atoms with E-state index in [1.807, 2.05) is 0 Å². The third-order valence-corrected chi connectivity index (χ3v) is 11.2. The topological polar surface area (TPSA) is 155 Å². The molecule has 12 heteroatoms. The fraction of sp³-hybridized carbons (Fsp3) is 0.780. The van der Waals surface area contributed by atoms with Crippen molar-refractivity contribution < 1.29 is 52.2 Å². The number of carbonyl (C=O) groups excluding carboxylic acids is 3. The number of allylic oxidation sites excluding steroid dienone is 8. The highest BCUT2D eigenvalue weighted by atomic mass is 31.2. The summed E-state index contributed by atoms with van der Waals surface area (Å²) in [6, 6.07) is 0. The Balaban J connectivity index is 4.77. The lowest BCUT2D eigenvalue weighted by molar-refractivity contribution is -0.161. The average Bonchev–Trinajstić information content (AvgIpc) is 3.25. The second-order valence-electron chi connectivity index (χ2n) is 16.2. The molecule has 2 N–H and O–H groups in total. The lowest BCUT2D eigenvalue weighted by Gasteiger charge is -2.21. The first-order valence-corrected chi connectivity index (χ1v) is 26.0. The van der Waals surface area contributed by atoms with Crippen molar-refractivity contribution in [2.75, 3.05) is 26.4 Å². The van der Waals surface area contributed by atoms with Gasteiger partial charge in [-0.3, -0.25) is 23.4 Å². The highest BCUT2D eigenvalue weighted by Crippen LogP contribution is 2.43. The second-order valence-corrected chi connectivity index (χ2v) is 17.7. The largest absolute Gasteiger partial charge is 0.472 e. The van der Waals surface area contributed by atoms with Crippen LogP contribution in [0.4, 0.5) is 0 Å². The first kappa shape index (κ1) is 59.4. The maximum atomic E-state index is 12.8. The van der Waals surface area contributed by atoms with Gasteiger partial charge in [-0.15, -0.1) is 0 Å². The van der Waals surface area contributed by atoms with E-state index >= 15 is 0 Å². The van der Waals surface area contributed by atoms with Gasteiger partial charge in [0.2, 0.25) is 0 Å². The van der Waals surface area contributed by atoms with Gasteiger partial charge in [0.25, 0.3) is 0 Å². The number of phosphoric acid groups is 1. The zero-order chi connectivity index (χ0) is 45.6. The van der Waals surface area contributed by atoms with Crippen molar-refractivity contribution in [3.8, 4) is 0 Å². The molecule has 0 spiro atoms. The summed E-state index contributed by atoms with van der Waals surface area (Å²) in [7, 11) is -4.73. The Morgan fingerprint density at radius 3 is 1.35 bits per heavy atom. The van der Waals surface area contributed by atoms with Gasteiger partial charge in [0, 0.05) is 19.3 Å². The van der Waals surface area contributed by atoms with Gasteiger partial charge < -0.3 is 24.2 Å². The van der Waals surface area contributed by atoms with Gasteiger partial charge in [0.1, 0.15) is 12.7 Å². The van der Waals surface area contributed by atoms with Crippen molar-refractivity contribution in [2.45, 2.75) is 226 Å². The zero-order valence-electron chi connectivity index (χ0n) is 39.3. The third kappa shape index (κ3) is 42.7. The molecule has 360 valence electrons. The van der Waals surface area contributed by atoms with Gasteiger partial charge in [-0.25, -0.2) is 4.57 Å². The average molecular weight is 897 g/mol. The molecule has 11 nitrogen and oxygen atoms in total. The predicted octanol–water partition coefficient (Wildman–Crippen LogP) is 13.5. The van der Waals surface area contributed by atoms with Crippen LogP contribution in [0.25, 0.3) is 0 Å². The summed E-state index contributed by atoms with van der Waals surface area (Å²) in [4.78, 5) is 48.1. The number of esters is 3. The van der Waals surface area contributed by atoms with E-state index in [4.69, 9.17) is 23.3 Å². The van der Waals surface area contributed by atoms with Crippen LogP contribution < -0.4 is 0 Å². The molecule has 3 unspecified atom stereocenters. The summed E-state index contributed by atoms with van der Waals surface area (Å²) in [5.74, 6) is -1.50. The van der Waals surface area contributed by atoms with Gasteiger partial charge in [-0.1, -0.05) is 172 Å². The van der Waals surface area contributed by atoms with Crippen molar-refractivity contribution in [3.05, 3.63) is 48.6 Å². The number of ether oxygens (including phenoxy) is 3. The second kappa shape index (κ2) is 45.0. The smallest absolute Gasteiger partial charge is 0.462 e. The van der Waals surface area contributed by atoms with Crippen molar-refractivity contribution in [2.24, 2.45) is 0 Å². The summed E-state index contributed by atoms with van der Waals surface area (Å²) in [6.45, 7) is 4.42. The molecule has 0 rings (SSSR count). The predicted molar refractivity (Wildman–Crippen MR) is 252 cm³/mol. The molecular formula is C50H89O11P. The molecule has 0 aliphatic carbocycles. The van der Waals surface area contributed by atoms with Gasteiger partial charge in [0.05, 0.1) is 19.8 Å². The number of phosphoric ester groups is 1. The monoisotopic (exact) mass is 897 g/mol. The Morgan fingerprint density at radius 2 is 0.855 bits per heavy atom. The molecule has 0 bridgehead atoms. The molecule has 0 aromatic carbocycles. The molecule has 62 heavy (non-hydrogen) atoms. The number of rotatable bonds is 45. The van der Waals surface area contributed by atoms with Crippen LogP contribution in [0, 0.1) is 0 Å². The van der Waals surface area contributed by atoms with Crippen LogP contribution in [-0.2, 0) is 42.2 Å². The quantitative estimate of drug-likeness (QED) is 0.0197. The van der Waals surface area contributed by atoms with E-state index in [9.17, 15) is 28.9 Å². The van der Waals surface area contributed by atoms with Crippen LogP contribution in [0.2, 0.25) is 0 Å². The summed E-state index contributed by atoms with van der Waals surface area (Å²) in [5.41, 5.74) is 0. The van der Waals surface area contributed by atoms with Crippen LogP contribution in [0.3, 0.4) is 0 Å². The number of carbonyl (C=O) groups is 3. The molecular weight excluding hydrogens is 808 g/mol. The van der Waals surface area contributed by atoms with E-state index in [0.29, 0.717) is 19.3 Å². The van der Waals surface area contributed by atoms with Crippen molar-refractivity contribution >= 4 is 25.7 Å². The minimum atomic E-state index is -4.73. The first-order valence-electron chi connectivity index (χ1n) is 24.5. The fourth-order valence-corrected chi connectivity index (χ4v) is 7.25. The number of hydrogen-bond acceptors (Lipinski definition) is 10. The van der Waals surface area contributed by atoms with Gasteiger partial charge in [-0.2, -0.15) is 0 Å². The van der Waals surface area contributed by atoms with E-state index in [1.54, 1.807) is 0 Å². The van der Waals surface area contributed by atoms with Gasteiger partial charge >= 0.3 is 25.7 Å². The van der Waals surface area contributed by atoms with Crippen LogP contribution in [0.15, 0.2) is 48.6 Å². The molecule has 0 aliphatic rings. The summed E-state index contributed by atoms with van der Waals surface area (Å²) in [5, 5.41) is 9.72. The highest BCUT2D eigenvalue weighted by molar-refractivity contribution is 7.47. The molecule has 0 fully saturated rings. The molecule has 0 heterocycles. The number of aliphatic hydroxyl groups is 1. The SMILES string of the molecule is CC/C=C\C/C=C\C/C=C\CCCCCCCC(=O)OCC(COP(=O)(O)OCC(CO)OC(=O)CCCCCCCCCCC)OC(=O)CCCCCCC/C=C\CCCC. The van der Waals surface area contributed by atoms with E-state index in [0.717, 1.165) is 109 Å². The van der Waals surface area contributed by atoms with Crippen LogP contribution in [0.1, 0.15) is 213 Å². The maximum absolute atomic E-state index is 12.8. The molecule has 0 saturated heterocycles. The Morgan fingerprint density at radius 1 is 0.468 bits per heavy atom. The third-order valence-electron chi connectivity index (χ3n) is 10.2. The molecule has 0 radical (unpaired) electrons. The summed E-state index contributed by atoms with van der Waals surface area (Å²) < 4.78 is 39.2. The van der Waals surface area contributed by atoms with Crippen molar-refractivity contribution in [1.82, 2.24) is 0 Å². The van der Waals surface area contributed by atoms with Gasteiger partial charge in [0.15, 0.2) is 6.10 Å². The molecule has 0 aromatic heterocycles. The number of aliphatic hydroxyl groups excluding tert-OH is 1. The Labute approximate surface area is 377 Å². The van der Waals surface area contributed by atoms with Crippen LogP contribution in [0.5, 0.6) is 0 Å². The van der Waals surface area contributed by atoms with E-state index < -0.39 is 57.8 Å². The maximum Gasteiger partial charge on any atom is 0.472 e. The van der Waals surface area contributed by atoms with E-state index in [-0.39, 0.29) is 25.9 Å². The van der Waals surface area contributed by atoms with Crippen molar-refractivity contribution in [3.63, 3.8) is 0 Å². The van der Waals surface area contributed by atoms with Gasteiger partial charge in [-0.05, 0) is 70.6 Å². The zero-order valence-corrected chi connectivity index (χ0v) is 40.2. The minimum Gasteiger partial charge on any atom is -0.462 e. The molecule has 0 aromatic rings. The fourth-order valence-electron chi connectivity index (χ4n) is 6.47. The van der Waals surface area contributed by atoms with E-state index in [1.165, 1.54) is 44.9 Å². The summed E-state index contributed by atoms with van der Waals surface area (Å²) >= 11 is 0. The van der Waals surface area contributed by atoms with Crippen LogP contribution >= 0.6 is 7.82 Å². The summed E-state index contributed by atoms with van der Waals surface area (Å²) in [6.07, 6.45) is 43.8.